The van der Waals surface area contributed by atoms with Gasteiger partial charge in [-0.1, -0.05) is 0 Å². The lowest BCUT2D eigenvalue weighted by Crippen LogP contribution is -1.81. The van der Waals surface area contributed by atoms with Crippen LogP contribution in [0, 0.1) is 0 Å². The molecule has 4 nitrogen and oxygen atoms in total. The Morgan fingerprint density at radius 2 is 1.53 bits per heavy atom. The van der Waals surface area contributed by atoms with Crippen LogP contribution in [-0.2, 0) is 18.2 Å². The van der Waals surface area contributed by atoms with Gasteiger partial charge in [0, 0.05) is 16.9 Å². The van der Waals surface area contributed by atoms with E-state index in [1.165, 1.54) is 12.8 Å². The van der Waals surface area contributed by atoms with E-state index in [0.717, 1.165) is 12.3 Å². The normalized spacial score (nSPS) is 18.1. The highest BCUT2D eigenvalue weighted by Crippen LogP contribution is 2.47. The molecule has 1 fully saturated rings. The Morgan fingerprint density at radius 3 is 1.73 bits per heavy atom. The first-order valence-electron chi connectivity index (χ1n) is 5.30. The van der Waals surface area contributed by atoms with Gasteiger partial charge in [-0.25, -0.2) is 0 Å². The zero-order chi connectivity index (χ0) is 11.7. The molecule has 0 bridgehead atoms. The topological polar surface area (TPSA) is 52.6 Å². The molecule has 0 saturated carbocycles. The van der Waals surface area contributed by atoms with Gasteiger partial charge in [-0.2, -0.15) is 0 Å². The third-order valence-corrected chi connectivity index (χ3v) is 5.44. The second-order valence-electron chi connectivity index (χ2n) is 3.51. The average Bonchev–Trinajstić information content (AvgIpc) is 2.52. The van der Waals surface area contributed by atoms with Crippen LogP contribution >= 0.6 is 15.4 Å². The smallest absolute Gasteiger partial charge is 0.324 e. The highest BCUT2D eigenvalue weighted by Gasteiger charge is 2.19. The van der Waals surface area contributed by atoms with Gasteiger partial charge in [-0.05, 0) is 33.4 Å². The Bertz CT molecular complexity index is 212. The van der Waals surface area contributed by atoms with Gasteiger partial charge in [0.2, 0.25) is 0 Å². The summed E-state index contributed by atoms with van der Waals surface area (Å²) in [4.78, 5) is 0. The first kappa shape index (κ1) is 15.2. The van der Waals surface area contributed by atoms with Crippen molar-refractivity contribution in [2.45, 2.75) is 26.7 Å². The molecular weight excluding hydrogens is 234 g/mol. The van der Waals surface area contributed by atoms with Crippen molar-refractivity contribution in [3.8, 4) is 0 Å². The van der Waals surface area contributed by atoms with Crippen LogP contribution in [0.15, 0.2) is 0 Å². The number of rotatable bonds is 4. The molecule has 0 radical (unpaired) electrons. The van der Waals surface area contributed by atoms with Gasteiger partial charge in [-0.3, -0.25) is 0 Å². The number of hydrogen-bond acceptors (Lipinski definition) is 4. The lowest BCUT2D eigenvalue weighted by molar-refractivity contribution is 0.243. The molecular formula is C9H21O4P2+. The van der Waals surface area contributed by atoms with Crippen LogP contribution in [0.25, 0.3) is 0 Å². The highest BCUT2D eigenvalue weighted by molar-refractivity contribution is 7.63. The first-order valence-corrected chi connectivity index (χ1v) is 8.92. The summed E-state index contributed by atoms with van der Waals surface area (Å²) in [7, 11) is -3.37. The van der Waals surface area contributed by atoms with Crippen molar-refractivity contribution in [2.75, 3.05) is 32.2 Å². The van der Waals surface area contributed by atoms with Gasteiger partial charge in [0.05, 0.1) is 7.14 Å². The van der Waals surface area contributed by atoms with Crippen LogP contribution in [0.5, 0.6) is 0 Å². The van der Waals surface area contributed by atoms with E-state index in [-0.39, 0.29) is 0 Å². The lowest BCUT2D eigenvalue weighted by Gasteiger charge is -1.96. The van der Waals surface area contributed by atoms with Crippen LogP contribution in [0.4, 0.5) is 0 Å². The maximum Gasteiger partial charge on any atom is 0.697 e. The van der Waals surface area contributed by atoms with Crippen molar-refractivity contribution < 1.29 is 18.2 Å². The van der Waals surface area contributed by atoms with Gasteiger partial charge in [0.1, 0.15) is 13.2 Å². The maximum atomic E-state index is 11.0. The Labute approximate surface area is 93.1 Å². The zero-order valence-corrected chi connectivity index (χ0v) is 11.6. The molecule has 0 aliphatic carbocycles. The van der Waals surface area contributed by atoms with E-state index in [2.05, 4.69) is 9.05 Å². The van der Waals surface area contributed by atoms with Gasteiger partial charge in [-0.15, -0.1) is 9.05 Å². The highest BCUT2D eigenvalue weighted by atomic mass is 31.2. The SMILES string of the molecule is CCO[P+](=O)OCC.CP1(=O)CCCC1. The van der Waals surface area contributed by atoms with E-state index in [1.54, 1.807) is 13.8 Å². The second kappa shape index (κ2) is 8.41. The minimum atomic E-state index is -1.83. The largest absolute Gasteiger partial charge is 0.697 e. The fourth-order valence-electron chi connectivity index (χ4n) is 1.25. The molecule has 0 amide bonds. The van der Waals surface area contributed by atoms with Crippen LogP contribution in [0.3, 0.4) is 0 Å². The van der Waals surface area contributed by atoms with Crippen LogP contribution < -0.4 is 0 Å². The molecule has 1 rings (SSSR count). The summed E-state index contributed by atoms with van der Waals surface area (Å²) in [6.07, 6.45) is 4.42. The first-order chi connectivity index (χ1) is 7.02. The summed E-state index contributed by atoms with van der Waals surface area (Å²) < 4.78 is 30.5. The third kappa shape index (κ3) is 9.19. The second-order valence-corrected chi connectivity index (χ2v) is 7.96. The molecule has 0 aromatic carbocycles. The molecule has 0 atom stereocenters. The van der Waals surface area contributed by atoms with Crippen molar-refractivity contribution in [1.82, 2.24) is 0 Å². The van der Waals surface area contributed by atoms with Crippen LogP contribution in [0.1, 0.15) is 26.7 Å². The molecule has 1 saturated heterocycles. The standard InChI is InChI=1S/C5H11OP.C4H10O3P/c1-7(6)4-2-3-5-7;1-3-6-8(5)7-4-2/h2-5H2,1H3;3-4H2,1-2H3/q;+1. The predicted molar refractivity (Wildman–Crippen MR) is 63.4 cm³/mol. The van der Waals surface area contributed by atoms with E-state index < -0.39 is 15.4 Å². The molecule has 6 heteroatoms. The molecule has 90 valence electrons. The predicted octanol–water partition coefficient (Wildman–Crippen LogP) is 3.49. The Kier molecular flexibility index (Phi) is 8.55. The van der Waals surface area contributed by atoms with E-state index in [4.69, 9.17) is 0 Å². The molecule has 0 unspecified atom stereocenters. The van der Waals surface area contributed by atoms with E-state index in [9.17, 15) is 9.13 Å². The minimum absolute atomic E-state index is 0.440. The van der Waals surface area contributed by atoms with Gasteiger partial charge < -0.3 is 4.57 Å². The fraction of sp³-hybridized carbons (Fsp3) is 1.00. The average molecular weight is 255 g/mol. The van der Waals surface area contributed by atoms with Gasteiger partial charge in [0.15, 0.2) is 0 Å². The summed E-state index contributed by atoms with van der Waals surface area (Å²) in [5, 5.41) is 0. The maximum absolute atomic E-state index is 11.0. The summed E-state index contributed by atoms with van der Waals surface area (Å²) in [6.45, 7) is 6.34. The molecule has 15 heavy (non-hydrogen) atoms. The lowest BCUT2D eigenvalue weighted by atomic mass is 10.4. The summed E-state index contributed by atoms with van der Waals surface area (Å²) in [5.41, 5.74) is 0. The van der Waals surface area contributed by atoms with Crippen LogP contribution in [0.2, 0.25) is 0 Å². The number of hydrogen-bond donors (Lipinski definition) is 0. The van der Waals surface area contributed by atoms with Crippen LogP contribution in [-0.4, -0.2) is 32.2 Å². The third-order valence-electron chi connectivity index (χ3n) is 1.98. The van der Waals surface area contributed by atoms with Crippen molar-refractivity contribution in [1.29, 1.82) is 0 Å². The van der Waals surface area contributed by atoms with Gasteiger partial charge in [0.25, 0.3) is 0 Å². The van der Waals surface area contributed by atoms with Crippen molar-refractivity contribution in [3.63, 3.8) is 0 Å². The quantitative estimate of drug-likeness (QED) is 0.721. The Morgan fingerprint density at radius 1 is 1.13 bits per heavy atom. The van der Waals surface area contributed by atoms with E-state index in [0.29, 0.717) is 13.2 Å². The molecule has 1 heterocycles. The van der Waals surface area contributed by atoms with E-state index >= 15 is 0 Å². The molecule has 1 aliphatic rings. The van der Waals surface area contributed by atoms with Crippen molar-refractivity contribution in [3.05, 3.63) is 0 Å². The summed E-state index contributed by atoms with van der Waals surface area (Å²) >= 11 is 0. The molecule has 0 spiro atoms. The molecule has 1 aliphatic heterocycles. The Hall–Kier alpha value is 0.250. The van der Waals surface area contributed by atoms with Crippen molar-refractivity contribution >= 4 is 15.4 Å². The van der Waals surface area contributed by atoms with Crippen molar-refractivity contribution in [2.24, 2.45) is 0 Å². The Balaban J connectivity index is 0.000000262. The van der Waals surface area contributed by atoms with Gasteiger partial charge >= 0.3 is 8.25 Å². The van der Waals surface area contributed by atoms with E-state index in [1.807, 2.05) is 6.66 Å². The summed E-state index contributed by atoms with van der Waals surface area (Å²) in [6, 6.07) is 0. The minimum Gasteiger partial charge on any atom is -0.324 e. The molecule has 0 aromatic heterocycles. The monoisotopic (exact) mass is 255 g/mol. The molecule has 0 N–H and O–H groups in total. The summed E-state index contributed by atoms with van der Waals surface area (Å²) in [5.74, 6) is 0. The zero-order valence-electron chi connectivity index (χ0n) is 9.77. The fourth-order valence-corrected chi connectivity index (χ4v) is 3.76. The molecule has 0 aromatic rings.